The topological polar surface area (TPSA) is 21.3 Å². The van der Waals surface area contributed by atoms with E-state index in [2.05, 4.69) is 50.2 Å². The van der Waals surface area contributed by atoms with Gasteiger partial charge in [-0.15, -0.1) is 0 Å². The Bertz CT molecular complexity index is 442. The largest absolute Gasteiger partial charge is 0.495 e. The van der Waals surface area contributed by atoms with Crippen molar-refractivity contribution in [2.75, 3.05) is 13.7 Å². The highest BCUT2D eigenvalue weighted by Gasteiger charge is 2.27. The fourth-order valence-electron chi connectivity index (χ4n) is 2.88. The van der Waals surface area contributed by atoms with Crippen molar-refractivity contribution in [3.05, 3.63) is 26.6 Å². The summed E-state index contributed by atoms with van der Waals surface area (Å²) >= 11 is 7.08. The molecule has 1 aromatic rings. The summed E-state index contributed by atoms with van der Waals surface area (Å²) in [4.78, 5) is 0. The highest BCUT2D eigenvalue weighted by molar-refractivity contribution is 9.11. The Kier molecular flexibility index (Phi) is 5.32. The van der Waals surface area contributed by atoms with E-state index < -0.39 is 0 Å². The van der Waals surface area contributed by atoms with Crippen LogP contribution in [0.15, 0.2) is 21.1 Å². The molecule has 0 unspecified atom stereocenters. The lowest BCUT2D eigenvalue weighted by atomic mass is 9.89. The van der Waals surface area contributed by atoms with Crippen LogP contribution in [0.25, 0.3) is 0 Å². The van der Waals surface area contributed by atoms with E-state index in [1.54, 1.807) is 7.11 Å². The van der Waals surface area contributed by atoms with Crippen molar-refractivity contribution >= 4 is 31.9 Å². The zero-order chi connectivity index (χ0) is 13.9. The SMILES string of the molecule is COc1c(Br)cc(Br)cc1CNCC1(C)CCCC1. The van der Waals surface area contributed by atoms with E-state index in [-0.39, 0.29) is 0 Å². The van der Waals surface area contributed by atoms with Gasteiger partial charge in [0.1, 0.15) is 5.75 Å². The quantitative estimate of drug-likeness (QED) is 0.772. The van der Waals surface area contributed by atoms with Gasteiger partial charge >= 0.3 is 0 Å². The van der Waals surface area contributed by atoms with E-state index in [4.69, 9.17) is 4.74 Å². The summed E-state index contributed by atoms with van der Waals surface area (Å²) in [5.74, 6) is 0.923. The van der Waals surface area contributed by atoms with Gasteiger partial charge in [-0.2, -0.15) is 0 Å². The first kappa shape index (κ1) is 15.3. The van der Waals surface area contributed by atoms with Crippen molar-refractivity contribution in [3.63, 3.8) is 0 Å². The minimum absolute atomic E-state index is 0.483. The lowest BCUT2D eigenvalue weighted by Crippen LogP contribution is -2.29. The van der Waals surface area contributed by atoms with Gasteiger partial charge < -0.3 is 10.1 Å². The van der Waals surface area contributed by atoms with Gasteiger partial charge in [-0.3, -0.25) is 0 Å². The van der Waals surface area contributed by atoms with Crippen molar-refractivity contribution in [1.29, 1.82) is 0 Å². The highest BCUT2D eigenvalue weighted by atomic mass is 79.9. The Hall–Kier alpha value is -0.0600. The second kappa shape index (κ2) is 6.59. The van der Waals surface area contributed by atoms with Gasteiger partial charge in [0.05, 0.1) is 11.6 Å². The fraction of sp³-hybridized carbons (Fsp3) is 0.600. The van der Waals surface area contributed by atoms with Crippen LogP contribution in [0.3, 0.4) is 0 Å². The summed E-state index contributed by atoms with van der Waals surface area (Å²) in [5.41, 5.74) is 1.67. The number of hydrogen-bond donors (Lipinski definition) is 1. The molecule has 1 N–H and O–H groups in total. The van der Waals surface area contributed by atoms with E-state index in [0.717, 1.165) is 27.8 Å². The molecule has 0 bridgehead atoms. The van der Waals surface area contributed by atoms with Gasteiger partial charge in [-0.05, 0) is 46.3 Å². The molecule has 1 aliphatic carbocycles. The van der Waals surface area contributed by atoms with Crippen LogP contribution in [0.2, 0.25) is 0 Å². The van der Waals surface area contributed by atoms with Crippen LogP contribution < -0.4 is 10.1 Å². The van der Waals surface area contributed by atoms with Crippen LogP contribution >= 0.6 is 31.9 Å². The molecule has 1 aromatic carbocycles. The van der Waals surface area contributed by atoms with E-state index in [0.29, 0.717) is 5.41 Å². The predicted molar refractivity (Wildman–Crippen MR) is 86.7 cm³/mol. The molecular formula is C15H21Br2NO. The standard InChI is InChI=1S/C15H21Br2NO/c1-15(5-3-4-6-15)10-18-9-11-7-12(16)8-13(17)14(11)19-2/h7-8,18H,3-6,9-10H2,1-2H3. The Labute approximate surface area is 132 Å². The van der Waals surface area contributed by atoms with Crippen molar-refractivity contribution < 1.29 is 4.74 Å². The summed E-state index contributed by atoms with van der Waals surface area (Å²) in [6.07, 6.45) is 5.45. The first-order chi connectivity index (χ1) is 9.04. The maximum atomic E-state index is 5.47. The molecule has 0 radical (unpaired) electrons. The van der Waals surface area contributed by atoms with Crippen LogP contribution in [0.4, 0.5) is 0 Å². The first-order valence-corrected chi connectivity index (χ1v) is 8.35. The summed E-state index contributed by atoms with van der Waals surface area (Å²) in [7, 11) is 1.72. The maximum absolute atomic E-state index is 5.47. The monoisotopic (exact) mass is 389 g/mol. The van der Waals surface area contributed by atoms with Crippen molar-refractivity contribution in [3.8, 4) is 5.75 Å². The molecule has 0 saturated heterocycles. The second-order valence-corrected chi connectivity index (χ2v) is 7.47. The minimum atomic E-state index is 0.483. The first-order valence-electron chi connectivity index (χ1n) is 6.77. The summed E-state index contributed by atoms with van der Waals surface area (Å²) in [6, 6.07) is 4.13. The molecule has 2 rings (SSSR count). The molecule has 19 heavy (non-hydrogen) atoms. The summed E-state index contributed by atoms with van der Waals surface area (Å²) < 4.78 is 7.54. The number of halogens is 2. The highest BCUT2D eigenvalue weighted by Crippen LogP contribution is 2.37. The van der Waals surface area contributed by atoms with E-state index >= 15 is 0 Å². The van der Waals surface area contributed by atoms with Gasteiger partial charge in [0.2, 0.25) is 0 Å². The number of rotatable bonds is 5. The molecule has 1 aliphatic rings. The van der Waals surface area contributed by atoms with Gasteiger partial charge in [-0.25, -0.2) is 0 Å². The summed E-state index contributed by atoms with van der Waals surface area (Å²) in [6.45, 7) is 4.32. The molecule has 0 heterocycles. The normalized spacial score (nSPS) is 17.7. The zero-order valence-electron chi connectivity index (χ0n) is 11.6. The summed E-state index contributed by atoms with van der Waals surface area (Å²) in [5, 5.41) is 3.59. The van der Waals surface area contributed by atoms with Crippen molar-refractivity contribution in [2.45, 2.75) is 39.2 Å². The van der Waals surface area contributed by atoms with Gasteiger partial charge in [0.25, 0.3) is 0 Å². The molecule has 0 aliphatic heterocycles. The van der Waals surface area contributed by atoms with Gasteiger partial charge in [0.15, 0.2) is 0 Å². The van der Waals surface area contributed by atoms with Crippen LogP contribution in [0.5, 0.6) is 5.75 Å². The molecule has 0 atom stereocenters. The number of benzene rings is 1. The number of ether oxygens (including phenoxy) is 1. The average molecular weight is 391 g/mol. The fourth-order valence-corrected chi connectivity index (χ4v) is 4.35. The molecule has 1 fully saturated rings. The maximum Gasteiger partial charge on any atom is 0.137 e. The molecular weight excluding hydrogens is 370 g/mol. The number of hydrogen-bond acceptors (Lipinski definition) is 2. The third-order valence-electron chi connectivity index (χ3n) is 3.97. The lowest BCUT2D eigenvalue weighted by Gasteiger charge is -2.24. The second-order valence-electron chi connectivity index (χ2n) is 5.70. The van der Waals surface area contributed by atoms with Crippen LogP contribution in [0.1, 0.15) is 38.2 Å². The minimum Gasteiger partial charge on any atom is -0.495 e. The van der Waals surface area contributed by atoms with E-state index in [1.807, 2.05) is 6.07 Å². The molecule has 0 amide bonds. The Morgan fingerprint density at radius 1 is 1.26 bits per heavy atom. The number of nitrogens with one attached hydrogen (secondary N) is 1. The third kappa shape index (κ3) is 3.96. The predicted octanol–water partition coefficient (Wildman–Crippen LogP) is 4.89. The Balaban J connectivity index is 1.99. The molecule has 0 spiro atoms. The van der Waals surface area contributed by atoms with Gasteiger partial charge in [-0.1, -0.05) is 35.7 Å². The van der Waals surface area contributed by atoms with Crippen LogP contribution in [-0.4, -0.2) is 13.7 Å². The molecule has 1 saturated carbocycles. The van der Waals surface area contributed by atoms with Crippen LogP contribution in [-0.2, 0) is 6.54 Å². The van der Waals surface area contributed by atoms with Crippen molar-refractivity contribution in [1.82, 2.24) is 5.32 Å². The third-order valence-corrected chi connectivity index (χ3v) is 5.01. The molecule has 106 valence electrons. The van der Waals surface area contributed by atoms with E-state index in [1.165, 1.54) is 31.2 Å². The van der Waals surface area contributed by atoms with E-state index in [9.17, 15) is 0 Å². The molecule has 2 nitrogen and oxygen atoms in total. The average Bonchev–Trinajstić information content (AvgIpc) is 2.76. The Morgan fingerprint density at radius 2 is 1.95 bits per heavy atom. The number of methoxy groups -OCH3 is 1. The lowest BCUT2D eigenvalue weighted by molar-refractivity contribution is 0.313. The molecule has 4 heteroatoms. The molecule has 0 aromatic heterocycles. The zero-order valence-corrected chi connectivity index (χ0v) is 14.7. The van der Waals surface area contributed by atoms with Crippen molar-refractivity contribution in [2.24, 2.45) is 5.41 Å². The Morgan fingerprint density at radius 3 is 2.58 bits per heavy atom. The smallest absolute Gasteiger partial charge is 0.137 e. The van der Waals surface area contributed by atoms with Gasteiger partial charge in [0, 0.05) is 23.1 Å². The van der Waals surface area contributed by atoms with Crippen LogP contribution in [0, 0.1) is 5.41 Å².